The number of benzene rings is 1. The lowest BCUT2D eigenvalue weighted by Crippen LogP contribution is -2.23. The quantitative estimate of drug-likeness (QED) is 0.774. The molecule has 1 aromatic carbocycles. The summed E-state index contributed by atoms with van der Waals surface area (Å²) in [6.07, 6.45) is 4.76. The maximum Gasteiger partial charge on any atom is 0.228 e. The zero-order chi connectivity index (χ0) is 18.3. The molecule has 2 aliphatic rings. The van der Waals surface area contributed by atoms with Gasteiger partial charge in [-0.15, -0.1) is 0 Å². The molecule has 0 radical (unpaired) electrons. The van der Waals surface area contributed by atoms with Crippen LogP contribution in [-0.2, 0) is 0 Å². The minimum atomic E-state index is -0.556. The molecule has 4 rings (SSSR count). The fourth-order valence-corrected chi connectivity index (χ4v) is 3.13. The number of nitrogens with one attached hydrogen (secondary N) is 2. The van der Waals surface area contributed by atoms with Crippen LogP contribution in [0.25, 0.3) is 11.4 Å². The molecule has 0 aliphatic heterocycles. The van der Waals surface area contributed by atoms with Gasteiger partial charge >= 0.3 is 0 Å². The summed E-state index contributed by atoms with van der Waals surface area (Å²) in [5, 5.41) is 6.58. The normalized spacial score (nSPS) is 19.1. The average molecular weight is 359 g/mol. The predicted octanol–water partition coefficient (Wildman–Crippen LogP) is 4.24. The van der Waals surface area contributed by atoms with Crippen LogP contribution in [-0.4, -0.2) is 27.0 Å². The lowest BCUT2D eigenvalue weighted by molar-refractivity contribution is 0.602. The first-order chi connectivity index (χ1) is 12.5. The predicted molar refractivity (Wildman–Crippen MR) is 96.8 cm³/mol. The minimum absolute atomic E-state index is 0.0386. The van der Waals surface area contributed by atoms with E-state index in [2.05, 4.69) is 39.4 Å². The van der Waals surface area contributed by atoms with Gasteiger partial charge in [0.1, 0.15) is 11.6 Å². The van der Waals surface area contributed by atoms with Gasteiger partial charge in [0.2, 0.25) is 11.9 Å². The molecule has 1 aromatic heterocycles. The summed E-state index contributed by atoms with van der Waals surface area (Å²) in [4.78, 5) is 13.1. The third kappa shape index (κ3) is 3.92. The monoisotopic (exact) mass is 359 g/mol. The van der Waals surface area contributed by atoms with E-state index in [-0.39, 0.29) is 23.5 Å². The van der Waals surface area contributed by atoms with Crippen LogP contribution in [0.1, 0.15) is 39.5 Å². The summed E-state index contributed by atoms with van der Waals surface area (Å²) in [6.45, 7) is 4.17. The molecule has 0 unspecified atom stereocenters. The lowest BCUT2D eigenvalue weighted by atomic mass is 10.2. The number of rotatable bonds is 7. The van der Waals surface area contributed by atoms with E-state index < -0.39 is 11.6 Å². The molecule has 26 heavy (non-hydrogen) atoms. The van der Waals surface area contributed by atoms with Gasteiger partial charge < -0.3 is 10.6 Å². The van der Waals surface area contributed by atoms with Gasteiger partial charge in [0.15, 0.2) is 5.82 Å². The van der Waals surface area contributed by atoms with Crippen molar-refractivity contribution in [3.8, 4) is 11.4 Å². The molecule has 0 saturated heterocycles. The highest BCUT2D eigenvalue weighted by atomic mass is 19.1. The SMILES string of the molecule is C[C@@H](Nc1nc(N[C@H](C)C2CC2)nc(-c2cc(F)ccc2F)n1)C1CC1. The number of nitrogens with zero attached hydrogens (tertiary/aromatic N) is 3. The molecule has 2 aliphatic carbocycles. The zero-order valence-corrected chi connectivity index (χ0v) is 15.0. The molecule has 2 atom stereocenters. The molecular weight excluding hydrogens is 336 g/mol. The standard InChI is InChI=1S/C19H23F2N5/c1-10(12-3-4-12)22-18-24-17(15-9-14(20)7-8-16(15)21)25-19(26-18)23-11(2)13-5-6-13/h7-13H,3-6H2,1-2H3,(H2,22,23,24,25,26)/t10-,11-/m1/s1. The second-order valence-electron chi connectivity index (χ2n) is 7.47. The number of hydrogen-bond acceptors (Lipinski definition) is 5. The molecule has 2 N–H and O–H groups in total. The van der Waals surface area contributed by atoms with Crippen LogP contribution in [0.3, 0.4) is 0 Å². The highest BCUT2D eigenvalue weighted by molar-refractivity contribution is 5.59. The molecular formula is C19H23F2N5. The van der Waals surface area contributed by atoms with Crippen molar-refractivity contribution in [2.45, 2.75) is 51.6 Å². The smallest absolute Gasteiger partial charge is 0.228 e. The molecule has 2 aromatic rings. The van der Waals surface area contributed by atoms with Gasteiger partial charge in [0, 0.05) is 12.1 Å². The molecule has 1 heterocycles. The van der Waals surface area contributed by atoms with Gasteiger partial charge in [-0.05, 0) is 69.6 Å². The highest BCUT2D eigenvalue weighted by Crippen LogP contribution is 2.35. The van der Waals surface area contributed by atoms with Crippen molar-refractivity contribution in [2.24, 2.45) is 11.8 Å². The van der Waals surface area contributed by atoms with E-state index in [1.807, 2.05) is 0 Å². The second-order valence-corrected chi connectivity index (χ2v) is 7.47. The van der Waals surface area contributed by atoms with Crippen LogP contribution < -0.4 is 10.6 Å². The summed E-state index contributed by atoms with van der Waals surface area (Å²) in [5.41, 5.74) is 0.0386. The Morgan fingerprint density at radius 3 is 1.92 bits per heavy atom. The Hall–Kier alpha value is -2.31. The zero-order valence-electron chi connectivity index (χ0n) is 15.0. The molecule has 0 spiro atoms. The summed E-state index contributed by atoms with van der Waals surface area (Å²) in [7, 11) is 0. The molecule has 2 saturated carbocycles. The second kappa shape index (κ2) is 6.78. The van der Waals surface area contributed by atoms with Gasteiger partial charge in [-0.2, -0.15) is 15.0 Å². The van der Waals surface area contributed by atoms with Crippen molar-refractivity contribution >= 4 is 11.9 Å². The van der Waals surface area contributed by atoms with Crippen LogP contribution >= 0.6 is 0 Å². The number of halogens is 2. The number of hydrogen-bond donors (Lipinski definition) is 2. The first-order valence-corrected chi connectivity index (χ1v) is 9.24. The number of aromatic nitrogens is 3. The Bertz CT molecular complexity index is 766. The van der Waals surface area contributed by atoms with Crippen LogP contribution in [0.15, 0.2) is 18.2 Å². The van der Waals surface area contributed by atoms with E-state index >= 15 is 0 Å². The van der Waals surface area contributed by atoms with Crippen LogP contribution in [0.4, 0.5) is 20.7 Å². The van der Waals surface area contributed by atoms with Gasteiger partial charge in [0.05, 0.1) is 5.56 Å². The van der Waals surface area contributed by atoms with Crippen LogP contribution in [0.2, 0.25) is 0 Å². The Labute approximate surface area is 151 Å². The first kappa shape index (κ1) is 17.1. The van der Waals surface area contributed by atoms with Crippen molar-refractivity contribution in [1.29, 1.82) is 0 Å². The third-order valence-electron chi connectivity index (χ3n) is 5.18. The highest BCUT2D eigenvalue weighted by Gasteiger charge is 2.30. The Kier molecular flexibility index (Phi) is 4.46. The Balaban J connectivity index is 1.67. The van der Waals surface area contributed by atoms with Crippen LogP contribution in [0.5, 0.6) is 0 Å². The summed E-state index contributed by atoms with van der Waals surface area (Å²) in [6, 6.07) is 3.76. The summed E-state index contributed by atoms with van der Waals surface area (Å²) >= 11 is 0. The number of anilines is 2. The molecule has 138 valence electrons. The van der Waals surface area contributed by atoms with E-state index in [9.17, 15) is 8.78 Å². The summed E-state index contributed by atoms with van der Waals surface area (Å²) < 4.78 is 27.8. The Morgan fingerprint density at radius 1 is 0.885 bits per heavy atom. The molecule has 0 bridgehead atoms. The van der Waals surface area contributed by atoms with Gasteiger partial charge in [-0.1, -0.05) is 0 Å². The van der Waals surface area contributed by atoms with E-state index in [1.54, 1.807) is 0 Å². The third-order valence-corrected chi connectivity index (χ3v) is 5.18. The van der Waals surface area contributed by atoms with Crippen molar-refractivity contribution in [3.05, 3.63) is 29.8 Å². The van der Waals surface area contributed by atoms with E-state index in [4.69, 9.17) is 0 Å². The molecule has 7 heteroatoms. The van der Waals surface area contributed by atoms with Crippen molar-refractivity contribution < 1.29 is 8.78 Å². The van der Waals surface area contributed by atoms with Crippen LogP contribution in [0, 0.1) is 23.5 Å². The lowest BCUT2D eigenvalue weighted by Gasteiger charge is -2.17. The fourth-order valence-electron chi connectivity index (χ4n) is 3.13. The first-order valence-electron chi connectivity index (χ1n) is 9.24. The van der Waals surface area contributed by atoms with E-state index in [0.29, 0.717) is 23.7 Å². The van der Waals surface area contributed by atoms with Gasteiger partial charge in [0.25, 0.3) is 0 Å². The molecule has 2 fully saturated rings. The molecule has 0 amide bonds. The fraction of sp³-hybridized carbons (Fsp3) is 0.526. The topological polar surface area (TPSA) is 62.7 Å². The largest absolute Gasteiger partial charge is 0.351 e. The van der Waals surface area contributed by atoms with Crippen molar-refractivity contribution in [2.75, 3.05) is 10.6 Å². The summed E-state index contributed by atoms with van der Waals surface area (Å²) in [5.74, 6) is 1.06. The molecule has 5 nitrogen and oxygen atoms in total. The van der Waals surface area contributed by atoms with Crippen molar-refractivity contribution in [1.82, 2.24) is 15.0 Å². The minimum Gasteiger partial charge on any atom is -0.351 e. The van der Waals surface area contributed by atoms with Gasteiger partial charge in [-0.3, -0.25) is 0 Å². The van der Waals surface area contributed by atoms with Crippen molar-refractivity contribution in [3.63, 3.8) is 0 Å². The van der Waals surface area contributed by atoms with E-state index in [0.717, 1.165) is 18.2 Å². The maximum atomic E-state index is 14.2. The van der Waals surface area contributed by atoms with Gasteiger partial charge in [-0.25, -0.2) is 8.78 Å². The van der Waals surface area contributed by atoms with E-state index in [1.165, 1.54) is 25.7 Å². The average Bonchev–Trinajstić information content (AvgIpc) is 3.49. The Morgan fingerprint density at radius 2 is 1.42 bits per heavy atom. The maximum absolute atomic E-state index is 14.2.